The number of nitrogens with one attached hydrogen (secondary N) is 1. The van der Waals surface area contributed by atoms with Crippen LogP contribution >= 0.6 is 0 Å². The monoisotopic (exact) mass is 433 g/mol. The van der Waals surface area contributed by atoms with Crippen molar-refractivity contribution >= 4 is 21.4 Å². The van der Waals surface area contributed by atoms with Gasteiger partial charge in [-0.3, -0.25) is 4.72 Å². The van der Waals surface area contributed by atoms with Gasteiger partial charge in [0.25, 0.3) is 10.0 Å². The largest absolute Gasteiger partial charge is 0.416 e. The third kappa shape index (κ3) is 3.83. The van der Waals surface area contributed by atoms with Gasteiger partial charge in [0.2, 0.25) is 0 Å². The lowest BCUT2D eigenvalue weighted by atomic mass is 10.1. The Morgan fingerprint density at radius 1 is 0.967 bits per heavy atom. The van der Waals surface area contributed by atoms with E-state index in [-0.39, 0.29) is 5.69 Å². The van der Waals surface area contributed by atoms with Crippen LogP contribution < -0.4 is 4.72 Å². The van der Waals surface area contributed by atoms with Gasteiger partial charge in [0.1, 0.15) is 0 Å². The van der Waals surface area contributed by atoms with Gasteiger partial charge in [-0.25, -0.2) is 8.42 Å². The van der Waals surface area contributed by atoms with Crippen LogP contribution in [-0.4, -0.2) is 28.2 Å². The first-order chi connectivity index (χ1) is 14.1. The van der Waals surface area contributed by atoms with Crippen molar-refractivity contribution in [1.82, 2.24) is 19.8 Å². The fourth-order valence-corrected chi connectivity index (χ4v) is 3.92. The van der Waals surface area contributed by atoms with E-state index in [2.05, 4.69) is 20.0 Å². The second-order valence-electron chi connectivity index (χ2n) is 6.44. The molecule has 0 saturated heterocycles. The predicted octanol–water partition coefficient (Wildman–Crippen LogP) is 3.92. The number of aryl methyl sites for hydroxylation is 1. The summed E-state index contributed by atoms with van der Waals surface area (Å²) in [4.78, 5) is -0.475. The number of anilines is 1. The molecule has 0 spiro atoms. The zero-order chi connectivity index (χ0) is 21.5. The van der Waals surface area contributed by atoms with E-state index in [4.69, 9.17) is 0 Å². The van der Waals surface area contributed by atoms with Gasteiger partial charge in [-0.2, -0.15) is 22.8 Å². The highest BCUT2D eigenvalue weighted by atomic mass is 32.2. The number of fused-ring (bicyclic) bond motifs is 1. The van der Waals surface area contributed by atoms with E-state index >= 15 is 0 Å². The number of aromatic nitrogens is 4. The molecule has 7 nitrogen and oxygen atoms in total. The van der Waals surface area contributed by atoms with Crippen LogP contribution in [0.4, 0.5) is 18.9 Å². The van der Waals surface area contributed by atoms with Crippen LogP contribution in [0.15, 0.2) is 65.6 Å². The molecule has 2 aromatic carbocycles. The van der Waals surface area contributed by atoms with Gasteiger partial charge < -0.3 is 0 Å². The molecule has 2 heterocycles. The van der Waals surface area contributed by atoms with Gasteiger partial charge >= 0.3 is 6.18 Å². The fraction of sp³-hybridized carbons (Fsp3) is 0.105. The average Bonchev–Trinajstić information content (AvgIpc) is 3.08. The molecule has 2 aromatic heterocycles. The van der Waals surface area contributed by atoms with Crippen LogP contribution in [0.2, 0.25) is 0 Å². The molecule has 30 heavy (non-hydrogen) atoms. The summed E-state index contributed by atoms with van der Waals surface area (Å²) in [5.74, 6) is 0.623. The highest BCUT2D eigenvalue weighted by molar-refractivity contribution is 7.92. The van der Waals surface area contributed by atoms with Crippen molar-refractivity contribution in [3.05, 3.63) is 72.1 Å². The molecular formula is C19H14F3N5O2S. The average molecular weight is 433 g/mol. The lowest BCUT2D eigenvalue weighted by molar-refractivity contribution is -0.137. The third-order valence-electron chi connectivity index (χ3n) is 4.32. The quantitative estimate of drug-likeness (QED) is 0.527. The molecule has 11 heteroatoms. The van der Waals surface area contributed by atoms with Gasteiger partial charge in [-0.15, -0.1) is 10.2 Å². The highest BCUT2D eigenvalue weighted by Crippen LogP contribution is 2.31. The van der Waals surface area contributed by atoms with Crippen molar-refractivity contribution in [2.45, 2.75) is 18.0 Å². The molecule has 0 unspecified atom stereocenters. The normalized spacial score (nSPS) is 12.3. The Morgan fingerprint density at radius 3 is 2.40 bits per heavy atom. The number of hydrogen-bond acceptors (Lipinski definition) is 5. The lowest BCUT2D eigenvalue weighted by Gasteiger charge is -2.11. The van der Waals surface area contributed by atoms with E-state index in [1.54, 1.807) is 35.7 Å². The van der Waals surface area contributed by atoms with E-state index in [9.17, 15) is 21.6 Å². The summed E-state index contributed by atoms with van der Waals surface area (Å²) in [7, 11) is -4.19. The number of hydrogen-bond donors (Lipinski definition) is 1. The topological polar surface area (TPSA) is 89.2 Å². The van der Waals surface area contributed by atoms with E-state index in [0.29, 0.717) is 28.8 Å². The molecule has 0 fully saturated rings. The van der Waals surface area contributed by atoms with Crippen molar-refractivity contribution < 1.29 is 21.6 Å². The molecule has 0 aliphatic heterocycles. The Kier molecular flexibility index (Phi) is 4.69. The van der Waals surface area contributed by atoms with Crippen LogP contribution in [0.3, 0.4) is 0 Å². The number of halogens is 3. The van der Waals surface area contributed by atoms with Gasteiger partial charge in [0.15, 0.2) is 11.5 Å². The number of sulfonamides is 1. The first-order valence-electron chi connectivity index (χ1n) is 8.63. The SMILES string of the molecule is Cc1nnc2ccc(-c3ccc(NS(=O)(=O)c4cccc(C(F)(F)F)c4)cc3)nn12. The minimum atomic E-state index is -4.63. The van der Waals surface area contributed by atoms with Gasteiger partial charge in [0, 0.05) is 11.3 Å². The molecule has 0 aliphatic carbocycles. The molecule has 0 saturated carbocycles. The zero-order valence-electron chi connectivity index (χ0n) is 15.4. The van der Waals surface area contributed by atoms with Crippen LogP contribution in [0, 0.1) is 6.92 Å². The van der Waals surface area contributed by atoms with E-state index < -0.39 is 26.7 Å². The van der Waals surface area contributed by atoms with E-state index in [1.807, 2.05) is 0 Å². The second kappa shape index (κ2) is 7.10. The molecule has 0 bridgehead atoms. The number of benzene rings is 2. The van der Waals surface area contributed by atoms with Gasteiger partial charge in [0.05, 0.1) is 16.2 Å². The molecule has 0 aliphatic rings. The molecule has 4 rings (SSSR count). The summed E-state index contributed by atoms with van der Waals surface area (Å²) in [6.45, 7) is 1.77. The Morgan fingerprint density at radius 2 is 1.70 bits per heavy atom. The number of alkyl halides is 3. The summed E-state index contributed by atoms with van der Waals surface area (Å²) >= 11 is 0. The maximum absolute atomic E-state index is 12.9. The molecule has 154 valence electrons. The zero-order valence-corrected chi connectivity index (χ0v) is 16.2. The summed E-state index contributed by atoms with van der Waals surface area (Å²) < 4.78 is 67.4. The van der Waals surface area contributed by atoms with Crippen LogP contribution in [-0.2, 0) is 16.2 Å². The summed E-state index contributed by atoms with van der Waals surface area (Å²) in [6.07, 6.45) is -4.63. The highest BCUT2D eigenvalue weighted by Gasteiger charge is 2.31. The van der Waals surface area contributed by atoms with Gasteiger partial charge in [-0.1, -0.05) is 18.2 Å². The third-order valence-corrected chi connectivity index (χ3v) is 5.70. The maximum Gasteiger partial charge on any atom is 0.416 e. The minimum Gasteiger partial charge on any atom is -0.280 e. The minimum absolute atomic E-state index is 0.206. The first-order valence-corrected chi connectivity index (χ1v) is 10.1. The molecular weight excluding hydrogens is 419 g/mol. The lowest BCUT2D eigenvalue weighted by Crippen LogP contribution is -2.14. The Hall–Kier alpha value is -3.47. The van der Waals surface area contributed by atoms with Crippen LogP contribution in [0.5, 0.6) is 0 Å². The second-order valence-corrected chi connectivity index (χ2v) is 8.13. The maximum atomic E-state index is 12.9. The predicted molar refractivity (Wildman–Crippen MR) is 103 cm³/mol. The van der Waals surface area contributed by atoms with E-state index in [1.165, 1.54) is 12.1 Å². The van der Waals surface area contributed by atoms with Crippen molar-refractivity contribution in [2.24, 2.45) is 0 Å². The summed E-state index contributed by atoms with van der Waals surface area (Å²) in [6, 6.07) is 13.4. The fourth-order valence-electron chi connectivity index (χ4n) is 2.81. The first kappa shape index (κ1) is 19.8. The smallest absolute Gasteiger partial charge is 0.280 e. The molecule has 0 radical (unpaired) electrons. The van der Waals surface area contributed by atoms with Gasteiger partial charge in [-0.05, 0) is 49.4 Å². The van der Waals surface area contributed by atoms with Crippen LogP contribution in [0.1, 0.15) is 11.4 Å². The Labute approximate surface area is 169 Å². The Balaban J connectivity index is 1.59. The van der Waals surface area contributed by atoms with Crippen molar-refractivity contribution in [2.75, 3.05) is 4.72 Å². The standard InChI is InChI=1S/C19H14F3N5O2S/c1-12-23-24-18-10-9-17(25-27(12)18)13-5-7-15(8-6-13)26-30(28,29)16-4-2-3-14(11-16)19(20,21)22/h2-11,26H,1H3. The molecule has 0 amide bonds. The summed E-state index contributed by atoms with van der Waals surface area (Å²) in [5.41, 5.74) is 1.11. The van der Waals surface area contributed by atoms with E-state index in [0.717, 1.165) is 18.2 Å². The summed E-state index contributed by atoms with van der Waals surface area (Å²) in [5, 5.41) is 12.3. The number of nitrogens with zero attached hydrogens (tertiary/aromatic N) is 4. The molecule has 0 atom stereocenters. The van der Waals surface area contributed by atoms with Crippen molar-refractivity contribution in [1.29, 1.82) is 0 Å². The Bertz CT molecular complexity index is 1330. The number of rotatable bonds is 4. The van der Waals surface area contributed by atoms with Crippen molar-refractivity contribution in [3.8, 4) is 11.3 Å². The van der Waals surface area contributed by atoms with Crippen molar-refractivity contribution in [3.63, 3.8) is 0 Å². The molecule has 1 N–H and O–H groups in total. The molecule has 4 aromatic rings. The van der Waals surface area contributed by atoms with Crippen LogP contribution in [0.25, 0.3) is 16.9 Å².